The summed E-state index contributed by atoms with van der Waals surface area (Å²) in [5.74, 6) is 0.350. The lowest BCUT2D eigenvalue weighted by Crippen LogP contribution is -2.46. The minimum atomic E-state index is -0.539. The third-order valence-electron chi connectivity index (χ3n) is 5.01. The number of anilines is 2. The van der Waals surface area contributed by atoms with Crippen molar-refractivity contribution < 1.29 is 10.0 Å². The van der Waals surface area contributed by atoms with Gasteiger partial charge in [0.25, 0.3) is 5.91 Å². The molecule has 2 atom stereocenters. The first-order chi connectivity index (χ1) is 11.7. The maximum Gasteiger partial charge on any atom is 0.276 e. The quantitative estimate of drug-likeness (QED) is 0.667. The van der Waals surface area contributed by atoms with Crippen LogP contribution in [0.25, 0.3) is 0 Å². The van der Waals surface area contributed by atoms with Crippen LogP contribution >= 0.6 is 0 Å². The van der Waals surface area contributed by atoms with E-state index in [1.54, 1.807) is 11.5 Å². The maximum absolute atomic E-state index is 11.4. The van der Waals surface area contributed by atoms with E-state index in [1.807, 2.05) is 6.07 Å². The Morgan fingerprint density at radius 1 is 1.12 bits per heavy atom. The number of carbonyl (C=O) groups is 1. The minimum Gasteiger partial charge on any atom is -0.365 e. The number of rotatable bonds is 3. The monoisotopic (exact) mass is 324 g/mol. The van der Waals surface area contributed by atoms with E-state index in [9.17, 15) is 4.79 Å². The molecule has 2 unspecified atom stereocenters. The van der Waals surface area contributed by atoms with Crippen LogP contribution in [0, 0.1) is 6.92 Å². The highest BCUT2D eigenvalue weighted by Gasteiger charge is 2.43. The fourth-order valence-electron chi connectivity index (χ4n) is 3.75. The first-order valence-electron chi connectivity index (χ1n) is 8.16. The normalized spacial score (nSPS) is 22.1. The molecule has 0 spiro atoms. The SMILES string of the molecule is Cc1ccc(N2CC3CC2CN3c2ccc(C(=O)NO)cn2)cc1. The number of piperazine rings is 1. The predicted octanol–water partition coefficient (Wildman–Crippen LogP) is 1.98. The molecular formula is C18H20N4O2. The highest BCUT2D eigenvalue weighted by Crippen LogP contribution is 2.36. The Kier molecular flexibility index (Phi) is 3.61. The molecule has 3 heterocycles. The number of fused-ring (bicyclic) bond motifs is 2. The van der Waals surface area contributed by atoms with E-state index in [4.69, 9.17) is 5.21 Å². The van der Waals surface area contributed by atoms with E-state index in [2.05, 4.69) is 46.0 Å². The van der Waals surface area contributed by atoms with Gasteiger partial charge < -0.3 is 9.80 Å². The lowest BCUT2D eigenvalue weighted by molar-refractivity contribution is 0.0706. The molecule has 6 nitrogen and oxygen atoms in total. The van der Waals surface area contributed by atoms with Gasteiger partial charge in [0.1, 0.15) is 5.82 Å². The fraction of sp³-hybridized carbons (Fsp3) is 0.333. The lowest BCUT2D eigenvalue weighted by atomic mass is 10.2. The number of nitrogens with one attached hydrogen (secondary N) is 1. The molecule has 2 N–H and O–H groups in total. The van der Waals surface area contributed by atoms with Gasteiger partial charge in [0.15, 0.2) is 0 Å². The van der Waals surface area contributed by atoms with Crippen LogP contribution in [0.3, 0.4) is 0 Å². The van der Waals surface area contributed by atoms with Crippen LogP contribution in [0.4, 0.5) is 11.5 Å². The van der Waals surface area contributed by atoms with Crippen LogP contribution in [0.1, 0.15) is 22.3 Å². The number of nitrogens with zero attached hydrogens (tertiary/aromatic N) is 3. The van der Waals surface area contributed by atoms with Crippen molar-refractivity contribution in [2.45, 2.75) is 25.4 Å². The maximum atomic E-state index is 11.4. The smallest absolute Gasteiger partial charge is 0.276 e. The van der Waals surface area contributed by atoms with Crippen molar-refractivity contribution in [1.29, 1.82) is 0 Å². The average Bonchev–Trinajstić information content (AvgIpc) is 3.22. The highest BCUT2D eigenvalue weighted by molar-refractivity contribution is 5.93. The average molecular weight is 324 g/mol. The van der Waals surface area contributed by atoms with Crippen molar-refractivity contribution in [2.24, 2.45) is 0 Å². The molecule has 0 radical (unpaired) electrons. The Hall–Kier alpha value is -2.60. The summed E-state index contributed by atoms with van der Waals surface area (Å²) in [6, 6.07) is 13.2. The molecule has 1 aromatic heterocycles. The van der Waals surface area contributed by atoms with Crippen LogP contribution in [0.2, 0.25) is 0 Å². The van der Waals surface area contributed by atoms with Gasteiger partial charge >= 0.3 is 0 Å². The van der Waals surface area contributed by atoms with Gasteiger partial charge in [-0.3, -0.25) is 10.0 Å². The van der Waals surface area contributed by atoms with Crippen LogP contribution in [0.5, 0.6) is 0 Å². The summed E-state index contributed by atoms with van der Waals surface area (Å²) in [5, 5.41) is 8.67. The lowest BCUT2D eigenvalue weighted by Gasteiger charge is -2.36. The molecule has 4 rings (SSSR count). The number of amides is 1. The molecule has 2 saturated heterocycles. The van der Waals surface area contributed by atoms with E-state index in [0.29, 0.717) is 17.6 Å². The first-order valence-corrected chi connectivity index (χ1v) is 8.16. The van der Waals surface area contributed by atoms with Gasteiger partial charge in [0.05, 0.1) is 11.6 Å². The number of hydrogen-bond acceptors (Lipinski definition) is 5. The van der Waals surface area contributed by atoms with Crippen LogP contribution in [0.15, 0.2) is 42.6 Å². The Morgan fingerprint density at radius 2 is 1.83 bits per heavy atom. The second-order valence-corrected chi connectivity index (χ2v) is 6.53. The zero-order valence-electron chi connectivity index (χ0n) is 13.5. The summed E-state index contributed by atoms with van der Waals surface area (Å²) in [6.07, 6.45) is 2.64. The molecule has 6 heteroatoms. The Morgan fingerprint density at radius 3 is 2.42 bits per heavy atom. The first kappa shape index (κ1) is 15.0. The van der Waals surface area contributed by atoms with Crippen molar-refractivity contribution in [1.82, 2.24) is 10.5 Å². The fourth-order valence-corrected chi connectivity index (χ4v) is 3.75. The summed E-state index contributed by atoms with van der Waals surface area (Å²) < 4.78 is 0. The minimum absolute atomic E-state index is 0.354. The second-order valence-electron chi connectivity index (χ2n) is 6.53. The molecule has 2 aliphatic rings. The Bertz CT molecular complexity index is 745. The molecule has 1 aromatic carbocycles. The third-order valence-corrected chi connectivity index (χ3v) is 5.01. The van der Waals surface area contributed by atoms with Crippen LogP contribution in [-0.4, -0.2) is 41.3 Å². The van der Waals surface area contributed by atoms with E-state index in [-0.39, 0.29) is 0 Å². The third kappa shape index (κ3) is 2.49. The van der Waals surface area contributed by atoms with Crippen LogP contribution < -0.4 is 15.3 Å². The largest absolute Gasteiger partial charge is 0.365 e. The summed E-state index contributed by atoms with van der Waals surface area (Å²) in [5.41, 5.74) is 4.55. The molecule has 24 heavy (non-hydrogen) atoms. The number of carbonyl (C=O) groups excluding carboxylic acids is 1. The highest BCUT2D eigenvalue weighted by atomic mass is 16.5. The Balaban J connectivity index is 1.48. The number of hydroxylamine groups is 1. The van der Waals surface area contributed by atoms with Crippen molar-refractivity contribution in [3.05, 3.63) is 53.7 Å². The molecular weight excluding hydrogens is 304 g/mol. The van der Waals surface area contributed by atoms with Gasteiger partial charge in [-0.25, -0.2) is 10.5 Å². The predicted molar refractivity (Wildman–Crippen MR) is 91.6 cm³/mol. The molecule has 124 valence electrons. The summed E-state index contributed by atoms with van der Waals surface area (Å²) in [4.78, 5) is 20.6. The standard InChI is InChI=1S/C18H20N4O2/c1-12-2-5-14(6-3-12)21-10-16-8-15(21)11-22(16)17-7-4-13(9-19-17)18(23)20-24/h2-7,9,15-16,24H,8,10-11H2,1H3,(H,20,23). The molecule has 1 amide bonds. The number of benzene rings is 1. The molecule has 2 aromatic rings. The van der Waals surface area contributed by atoms with Crippen molar-refractivity contribution in [3.8, 4) is 0 Å². The van der Waals surface area contributed by atoms with Gasteiger partial charge in [-0.05, 0) is 37.6 Å². The topological polar surface area (TPSA) is 68.7 Å². The van der Waals surface area contributed by atoms with Crippen molar-refractivity contribution in [2.75, 3.05) is 22.9 Å². The van der Waals surface area contributed by atoms with Crippen molar-refractivity contribution in [3.63, 3.8) is 0 Å². The second kappa shape index (κ2) is 5.79. The van der Waals surface area contributed by atoms with Crippen molar-refractivity contribution >= 4 is 17.4 Å². The summed E-state index contributed by atoms with van der Waals surface area (Å²) in [7, 11) is 0. The number of hydrogen-bond donors (Lipinski definition) is 2. The van der Waals surface area contributed by atoms with Gasteiger partial charge in [-0.1, -0.05) is 17.7 Å². The molecule has 0 saturated carbocycles. The van der Waals surface area contributed by atoms with E-state index in [1.165, 1.54) is 17.4 Å². The van der Waals surface area contributed by atoms with E-state index >= 15 is 0 Å². The van der Waals surface area contributed by atoms with Gasteiger partial charge in [-0.15, -0.1) is 0 Å². The zero-order valence-corrected chi connectivity index (χ0v) is 13.5. The molecule has 2 bridgehead atoms. The van der Waals surface area contributed by atoms with E-state index < -0.39 is 5.91 Å². The summed E-state index contributed by atoms with van der Waals surface area (Å²) in [6.45, 7) is 4.04. The molecule has 2 fully saturated rings. The summed E-state index contributed by atoms with van der Waals surface area (Å²) >= 11 is 0. The zero-order chi connectivity index (χ0) is 16.7. The molecule has 0 aliphatic carbocycles. The van der Waals surface area contributed by atoms with Gasteiger partial charge in [-0.2, -0.15) is 0 Å². The number of pyridine rings is 1. The van der Waals surface area contributed by atoms with Crippen LogP contribution in [-0.2, 0) is 0 Å². The van der Waals surface area contributed by atoms with Gasteiger partial charge in [0, 0.05) is 31.0 Å². The Labute approximate surface area is 140 Å². The number of aromatic nitrogens is 1. The number of aryl methyl sites for hydroxylation is 1. The van der Waals surface area contributed by atoms with E-state index in [0.717, 1.165) is 25.3 Å². The molecule has 2 aliphatic heterocycles. The van der Waals surface area contributed by atoms with Gasteiger partial charge in [0.2, 0.25) is 0 Å².